The van der Waals surface area contributed by atoms with Crippen LogP contribution in [0, 0.1) is 0 Å². The summed E-state index contributed by atoms with van der Waals surface area (Å²) in [6.45, 7) is 2.32. The minimum atomic E-state index is -0.485. The molecule has 1 unspecified atom stereocenters. The molecule has 2 amide bonds. The van der Waals surface area contributed by atoms with Crippen LogP contribution in [0.5, 0.6) is 5.75 Å². The topological polar surface area (TPSA) is 58.6 Å². The van der Waals surface area contributed by atoms with E-state index in [1.54, 1.807) is 30.8 Å². The minimum Gasteiger partial charge on any atom is -0.497 e. The van der Waals surface area contributed by atoms with Gasteiger partial charge in [-0.1, -0.05) is 37.3 Å². The Morgan fingerprint density at radius 2 is 1.79 bits per heavy atom. The molecule has 0 bridgehead atoms. The first-order valence-corrected chi connectivity index (χ1v) is 10.4. The van der Waals surface area contributed by atoms with Gasteiger partial charge in [0.1, 0.15) is 11.8 Å². The van der Waals surface area contributed by atoms with E-state index >= 15 is 0 Å². The van der Waals surface area contributed by atoms with Crippen LogP contribution in [0.25, 0.3) is 0 Å². The zero-order valence-corrected chi connectivity index (χ0v) is 17.5. The average molecular weight is 401 g/mol. The molecule has 2 aromatic rings. The van der Waals surface area contributed by atoms with Gasteiger partial charge in [-0.25, -0.2) is 0 Å². The Kier molecular flexibility index (Phi) is 8.88. The van der Waals surface area contributed by atoms with Gasteiger partial charge in [0.05, 0.1) is 7.11 Å². The van der Waals surface area contributed by atoms with Crippen molar-refractivity contribution >= 4 is 23.6 Å². The van der Waals surface area contributed by atoms with Crippen molar-refractivity contribution in [2.75, 3.05) is 19.9 Å². The van der Waals surface area contributed by atoms with E-state index in [9.17, 15) is 9.59 Å². The molecule has 1 atom stereocenters. The smallest absolute Gasteiger partial charge is 0.242 e. The number of ether oxygens (including phenoxy) is 1. The van der Waals surface area contributed by atoms with Crippen molar-refractivity contribution in [2.24, 2.45) is 0 Å². The lowest BCUT2D eigenvalue weighted by Gasteiger charge is -2.30. The molecule has 150 valence electrons. The average Bonchev–Trinajstić information content (AvgIpc) is 2.74. The highest BCUT2D eigenvalue weighted by molar-refractivity contribution is 7.99. The number of hydrogen-bond acceptors (Lipinski definition) is 4. The van der Waals surface area contributed by atoms with Gasteiger partial charge in [-0.15, -0.1) is 11.8 Å². The van der Waals surface area contributed by atoms with Gasteiger partial charge in [0.15, 0.2) is 0 Å². The van der Waals surface area contributed by atoms with Crippen LogP contribution in [0.15, 0.2) is 59.5 Å². The molecular weight excluding hydrogens is 372 g/mol. The standard InChI is InChI=1S/C22H28N2O3S/c1-4-20(22(26)23-2)24(16-17-10-12-18(27-3)13-11-17)21(25)14-15-28-19-8-6-5-7-9-19/h5-13,20H,4,14-16H2,1-3H3,(H,23,26). The predicted octanol–water partition coefficient (Wildman–Crippen LogP) is 3.73. The number of nitrogens with one attached hydrogen (secondary N) is 1. The maximum Gasteiger partial charge on any atom is 0.242 e. The van der Waals surface area contributed by atoms with Crippen LogP contribution < -0.4 is 10.1 Å². The van der Waals surface area contributed by atoms with Gasteiger partial charge in [-0.2, -0.15) is 0 Å². The summed E-state index contributed by atoms with van der Waals surface area (Å²) in [6.07, 6.45) is 0.941. The zero-order chi connectivity index (χ0) is 20.4. The van der Waals surface area contributed by atoms with Crippen molar-refractivity contribution in [2.45, 2.75) is 37.2 Å². The summed E-state index contributed by atoms with van der Waals surface area (Å²) in [7, 11) is 3.22. The monoisotopic (exact) mass is 400 g/mol. The molecule has 2 aromatic carbocycles. The first kappa shape index (κ1) is 21.8. The van der Waals surface area contributed by atoms with Gasteiger partial charge >= 0.3 is 0 Å². The van der Waals surface area contributed by atoms with E-state index in [0.29, 0.717) is 25.1 Å². The number of thioether (sulfide) groups is 1. The Bertz CT molecular complexity index is 750. The number of amides is 2. The highest BCUT2D eigenvalue weighted by atomic mass is 32.2. The van der Waals surface area contributed by atoms with Crippen LogP contribution >= 0.6 is 11.8 Å². The lowest BCUT2D eigenvalue weighted by Crippen LogP contribution is -2.48. The largest absolute Gasteiger partial charge is 0.497 e. The molecule has 0 aliphatic heterocycles. The number of methoxy groups -OCH3 is 1. The first-order valence-electron chi connectivity index (χ1n) is 9.40. The molecule has 0 saturated heterocycles. The molecule has 2 rings (SSSR count). The Morgan fingerprint density at radius 3 is 2.36 bits per heavy atom. The number of carbonyl (C=O) groups is 2. The van der Waals surface area contributed by atoms with Crippen LogP contribution in [-0.2, 0) is 16.1 Å². The molecule has 0 aromatic heterocycles. The normalized spacial score (nSPS) is 11.5. The number of benzene rings is 2. The molecule has 0 heterocycles. The van der Waals surface area contributed by atoms with E-state index in [0.717, 1.165) is 16.2 Å². The Labute approximate surface area is 171 Å². The third-order valence-electron chi connectivity index (χ3n) is 4.47. The lowest BCUT2D eigenvalue weighted by molar-refractivity contribution is -0.140. The van der Waals surface area contributed by atoms with Gasteiger partial charge in [-0.05, 0) is 36.2 Å². The van der Waals surface area contributed by atoms with Crippen molar-refractivity contribution in [1.82, 2.24) is 10.2 Å². The predicted molar refractivity (Wildman–Crippen MR) is 113 cm³/mol. The van der Waals surface area contributed by atoms with Crippen molar-refractivity contribution < 1.29 is 14.3 Å². The molecule has 0 saturated carbocycles. The molecule has 1 N–H and O–H groups in total. The third kappa shape index (κ3) is 6.30. The summed E-state index contributed by atoms with van der Waals surface area (Å²) in [4.78, 5) is 28.2. The maximum absolute atomic E-state index is 13.0. The summed E-state index contributed by atoms with van der Waals surface area (Å²) in [6, 6.07) is 17.1. The van der Waals surface area contributed by atoms with Crippen LogP contribution in [0.2, 0.25) is 0 Å². The second-order valence-electron chi connectivity index (χ2n) is 6.32. The minimum absolute atomic E-state index is 0.0188. The zero-order valence-electron chi connectivity index (χ0n) is 16.7. The fourth-order valence-electron chi connectivity index (χ4n) is 2.93. The van der Waals surface area contributed by atoms with E-state index in [-0.39, 0.29) is 11.8 Å². The summed E-state index contributed by atoms with van der Waals surface area (Å²) in [5.41, 5.74) is 0.965. The van der Waals surface area contributed by atoms with E-state index in [4.69, 9.17) is 4.74 Å². The van der Waals surface area contributed by atoms with Crippen LogP contribution in [0.4, 0.5) is 0 Å². The van der Waals surface area contributed by atoms with E-state index in [2.05, 4.69) is 5.32 Å². The Hall–Kier alpha value is -2.47. The number of likely N-dealkylation sites (N-methyl/N-ethyl adjacent to an activating group) is 1. The second kappa shape index (κ2) is 11.4. The Balaban J connectivity index is 2.09. The maximum atomic E-state index is 13.0. The highest BCUT2D eigenvalue weighted by Crippen LogP contribution is 2.20. The SMILES string of the molecule is CCC(C(=O)NC)N(Cc1ccc(OC)cc1)C(=O)CCSc1ccccc1. The quantitative estimate of drug-likeness (QED) is 0.618. The van der Waals surface area contributed by atoms with Crippen molar-refractivity contribution in [3.8, 4) is 5.75 Å². The van der Waals surface area contributed by atoms with Gasteiger partial charge < -0.3 is 15.0 Å². The molecule has 0 aliphatic carbocycles. The number of nitrogens with zero attached hydrogens (tertiary/aromatic N) is 1. The molecule has 0 spiro atoms. The second-order valence-corrected chi connectivity index (χ2v) is 7.49. The molecule has 0 aliphatic rings. The van der Waals surface area contributed by atoms with E-state index < -0.39 is 6.04 Å². The first-order chi connectivity index (χ1) is 13.6. The number of rotatable bonds is 10. The Morgan fingerprint density at radius 1 is 1.11 bits per heavy atom. The molecule has 0 fully saturated rings. The summed E-state index contributed by atoms with van der Waals surface area (Å²) in [5.74, 6) is 1.28. The van der Waals surface area contributed by atoms with E-state index in [1.807, 2.05) is 61.5 Å². The van der Waals surface area contributed by atoms with Crippen LogP contribution in [-0.4, -0.2) is 42.7 Å². The molecule has 0 radical (unpaired) electrons. The van der Waals surface area contributed by atoms with Gasteiger partial charge in [-0.3, -0.25) is 9.59 Å². The van der Waals surface area contributed by atoms with Gasteiger partial charge in [0, 0.05) is 30.7 Å². The van der Waals surface area contributed by atoms with E-state index in [1.165, 1.54) is 0 Å². The van der Waals surface area contributed by atoms with Crippen LogP contribution in [0.3, 0.4) is 0 Å². The third-order valence-corrected chi connectivity index (χ3v) is 5.49. The summed E-state index contributed by atoms with van der Waals surface area (Å²) < 4.78 is 5.19. The highest BCUT2D eigenvalue weighted by Gasteiger charge is 2.27. The van der Waals surface area contributed by atoms with Crippen LogP contribution in [0.1, 0.15) is 25.3 Å². The lowest BCUT2D eigenvalue weighted by atomic mass is 10.1. The van der Waals surface area contributed by atoms with Gasteiger partial charge in [0.25, 0.3) is 0 Å². The summed E-state index contributed by atoms with van der Waals surface area (Å²) >= 11 is 1.65. The van der Waals surface area contributed by atoms with Crippen molar-refractivity contribution in [3.05, 3.63) is 60.2 Å². The van der Waals surface area contributed by atoms with Crippen molar-refractivity contribution in [3.63, 3.8) is 0 Å². The number of hydrogen-bond donors (Lipinski definition) is 1. The summed E-state index contributed by atoms with van der Waals surface area (Å²) in [5, 5.41) is 2.68. The number of carbonyl (C=O) groups excluding carboxylic acids is 2. The molecular formula is C22H28N2O3S. The fraction of sp³-hybridized carbons (Fsp3) is 0.364. The molecule has 5 nitrogen and oxygen atoms in total. The molecule has 28 heavy (non-hydrogen) atoms. The fourth-order valence-corrected chi connectivity index (χ4v) is 3.79. The van der Waals surface area contributed by atoms with Crippen molar-refractivity contribution in [1.29, 1.82) is 0 Å². The van der Waals surface area contributed by atoms with Gasteiger partial charge in [0.2, 0.25) is 11.8 Å². The molecule has 6 heteroatoms.